The van der Waals surface area contributed by atoms with E-state index in [0.29, 0.717) is 11.1 Å². The molecular formula is C22H16N2O8. The zero-order valence-corrected chi connectivity index (χ0v) is 16.3. The smallest absolute Gasteiger partial charge is 0.333 e. The molecule has 2 N–H and O–H groups in total. The zero-order valence-electron chi connectivity index (χ0n) is 16.3. The third-order valence-corrected chi connectivity index (χ3v) is 6.67. The van der Waals surface area contributed by atoms with Crippen LogP contribution in [0.25, 0.3) is 0 Å². The predicted octanol–water partition coefficient (Wildman–Crippen LogP) is 0.563. The first-order chi connectivity index (χ1) is 15.4. The van der Waals surface area contributed by atoms with Gasteiger partial charge in [0.2, 0.25) is 0 Å². The Balaban J connectivity index is 1.56. The minimum Gasteiger partial charge on any atom is -0.508 e. The summed E-state index contributed by atoms with van der Waals surface area (Å²) in [6.07, 6.45) is 0. The second kappa shape index (κ2) is 6.38. The van der Waals surface area contributed by atoms with Crippen LogP contribution in [0.5, 0.6) is 11.5 Å². The number of cyclic esters (lactones) is 4. The number of esters is 4. The molecule has 0 aromatic heterocycles. The van der Waals surface area contributed by atoms with Crippen LogP contribution < -0.4 is 0 Å². The second-order valence-electron chi connectivity index (χ2n) is 8.25. The number of hydrogen-bond acceptors (Lipinski definition) is 10. The van der Waals surface area contributed by atoms with Gasteiger partial charge in [0.05, 0.1) is 12.1 Å². The summed E-state index contributed by atoms with van der Waals surface area (Å²) in [7, 11) is 0. The Hall–Kier alpha value is -3.76. The van der Waals surface area contributed by atoms with Gasteiger partial charge >= 0.3 is 23.9 Å². The van der Waals surface area contributed by atoms with Gasteiger partial charge in [0.1, 0.15) is 35.4 Å². The molecule has 4 fully saturated rings. The third-order valence-electron chi connectivity index (χ3n) is 6.67. The van der Waals surface area contributed by atoms with E-state index in [4.69, 9.17) is 9.47 Å². The molecule has 10 heteroatoms. The Morgan fingerprint density at radius 1 is 0.531 bits per heavy atom. The quantitative estimate of drug-likeness (QED) is 0.508. The first-order valence-corrected chi connectivity index (χ1v) is 10.0. The van der Waals surface area contributed by atoms with Crippen LogP contribution in [0.3, 0.4) is 0 Å². The normalized spacial score (nSPS) is 33.8. The number of nitrogens with zero attached hydrogens (tertiary/aromatic N) is 2. The average Bonchev–Trinajstić information content (AvgIpc) is 3.43. The fraction of sp³-hybridized carbons (Fsp3) is 0.273. The molecule has 6 atom stereocenters. The molecule has 4 saturated heterocycles. The monoisotopic (exact) mass is 436 g/mol. The van der Waals surface area contributed by atoms with Gasteiger partial charge in [-0.05, 0) is 35.4 Å². The molecule has 6 rings (SSSR count). The van der Waals surface area contributed by atoms with E-state index in [1.165, 1.54) is 24.3 Å². The molecule has 0 bridgehead atoms. The minimum atomic E-state index is -1.04. The molecule has 0 spiro atoms. The van der Waals surface area contributed by atoms with E-state index < -0.39 is 59.9 Å². The number of carbonyl (C=O) groups is 4. The minimum absolute atomic E-state index is 0.0157. The zero-order chi connectivity index (χ0) is 22.3. The number of phenols is 2. The SMILES string of the molecule is O=C1OC(=O)C2C1C(c1ccc(O)cc1)N1C3C(=O)OC(=O)C3C(c3ccc(O)cc3)N21. The first-order valence-electron chi connectivity index (χ1n) is 10.0. The van der Waals surface area contributed by atoms with Gasteiger partial charge in [0.15, 0.2) is 0 Å². The number of rotatable bonds is 2. The van der Waals surface area contributed by atoms with Crippen molar-refractivity contribution in [3.63, 3.8) is 0 Å². The van der Waals surface area contributed by atoms with Crippen molar-refractivity contribution in [2.24, 2.45) is 11.8 Å². The molecule has 10 nitrogen and oxygen atoms in total. The van der Waals surface area contributed by atoms with Gasteiger partial charge < -0.3 is 19.7 Å². The molecule has 0 radical (unpaired) electrons. The lowest BCUT2D eigenvalue weighted by molar-refractivity contribution is -0.167. The molecular weight excluding hydrogens is 420 g/mol. The molecule has 2 aromatic rings. The van der Waals surface area contributed by atoms with Crippen molar-refractivity contribution in [2.45, 2.75) is 24.2 Å². The number of carbonyl (C=O) groups excluding carboxylic acids is 4. The van der Waals surface area contributed by atoms with Crippen molar-refractivity contribution < 1.29 is 38.9 Å². The second-order valence-corrected chi connectivity index (χ2v) is 8.25. The summed E-state index contributed by atoms with van der Waals surface area (Å²) in [6, 6.07) is 8.53. The molecule has 4 heterocycles. The Kier molecular flexibility index (Phi) is 3.78. The molecule has 162 valence electrons. The molecule has 4 aliphatic heterocycles. The topological polar surface area (TPSA) is 134 Å². The van der Waals surface area contributed by atoms with Gasteiger partial charge in [-0.3, -0.25) is 9.59 Å². The van der Waals surface area contributed by atoms with Crippen molar-refractivity contribution in [3.05, 3.63) is 59.7 Å². The van der Waals surface area contributed by atoms with Crippen LogP contribution in [-0.2, 0) is 28.7 Å². The Morgan fingerprint density at radius 2 is 0.875 bits per heavy atom. The van der Waals surface area contributed by atoms with Gasteiger partial charge in [-0.25, -0.2) is 19.6 Å². The highest BCUT2D eigenvalue weighted by Crippen LogP contribution is 2.58. The summed E-state index contributed by atoms with van der Waals surface area (Å²) in [5, 5.41) is 22.6. The maximum absolute atomic E-state index is 12.8. The maximum atomic E-state index is 12.8. The number of aromatic hydroxyl groups is 2. The van der Waals surface area contributed by atoms with Gasteiger partial charge in [-0.2, -0.15) is 0 Å². The van der Waals surface area contributed by atoms with Crippen LogP contribution >= 0.6 is 0 Å². The van der Waals surface area contributed by atoms with Gasteiger partial charge in [-0.15, -0.1) is 0 Å². The molecule has 32 heavy (non-hydrogen) atoms. The van der Waals surface area contributed by atoms with Crippen molar-refractivity contribution in [1.29, 1.82) is 0 Å². The van der Waals surface area contributed by atoms with Crippen molar-refractivity contribution in [2.75, 3.05) is 0 Å². The van der Waals surface area contributed by atoms with E-state index in [1.807, 2.05) is 0 Å². The fourth-order valence-corrected chi connectivity index (χ4v) is 5.47. The molecule has 6 unspecified atom stereocenters. The molecule has 4 aliphatic rings. The number of ether oxygens (including phenoxy) is 2. The van der Waals surface area contributed by atoms with Crippen LogP contribution in [0.2, 0.25) is 0 Å². The van der Waals surface area contributed by atoms with E-state index in [-0.39, 0.29) is 11.5 Å². The molecule has 0 amide bonds. The fourth-order valence-electron chi connectivity index (χ4n) is 5.47. The van der Waals surface area contributed by atoms with E-state index >= 15 is 0 Å². The lowest BCUT2D eigenvalue weighted by Gasteiger charge is -2.33. The largest absolute Gasteiger partial charge is 0.508 e. The summed E-state index contributed by atoms with van der Waals surface area (Å²) < 4.78 is 9.91. The van der Waals surface area contributed by atoms with E-state index in [2.05, 4.69) is 0 Å². The average molecular weight is 436 g/mol. The maximum Gasteiger partial charge on any atom is 0.333 e. The standard InChI is InChI=1S/C22H16N2O8/c25-11-5-1-9(2-6-11)15-13-17(21(29)31-19(13)27)24-16(10-3-7-12(26)8-4-10)14-18(23(15)24)22(30)32-20(14)28/h1-8,13-18,25-26H. The highest BCUT2D eigenvalue weighted by Gasteiger charge is 2.72. The summed E-state index contributed by atoms with van der Waals surface area (Å²) >= 11 is 0. The predicted molar refractivity (Wildman–Crippen MR) is 102 cm³/mol. The summed E-state index contributed by atoms with van der Waals surface area (Å²) in [6.45, 7) is 0. The van der Waals surface area contributed by atoms with Crippen LogP contribution in [0.4, 0.5) is 0 Å². The van der Waals surface area contributed by atoms with Gasteiger partial charge in [-0.1, -0.05) is 24.3 Å². The molecule has 0 saturated carbocycles. The Morgan fingerprint density at radius 3 is 1.22 bits per heavy atom. The van der Waals surface area contributed by atoms with Crippen LogP contribution in [-0.4, -0.2) is 56.2 Å². The summed E-state index contributed by atoms with van der Waals surface area (Å²) in [4.78, 5) is 50.9. The number of phenolic OH excluding ortho intramolecular Hbond substituents is 2. The first kappa shape index (κ1) is 19.0. The highest BCUT2D eigenvalue weighted by atomic mass is 16.6. The van der Waals surface area contributed by atoms with E-state index in [9.17, 15) is 29.4 Å². The number of hydrogen-bond donors (Lipinski definition) is 2. The van der Waals surface area contributed by atoms with E-state index in [0.717, 1.165) is 0 Å². The third kappa shape index (κ3) is 2.36. The summed E-state index contributed by atoms with van der Waals surface area (Å²) in [5.74, 6) is -4.78. The van der Waals surface area contributed by atoms with Crippen molar-refractivity contribution >= 4 is 23.9 Å². The van der Waals surface area contributed by atoms with Crippen LogP contribution in [0.1, 0.15) is 23.2 Å². The number of fused-ring (bicyclic) bond motifs is 5. The number of hydrazine groups is 1. The Bertz CT molecular complexity index is 1080. The van der Waals surface area contributed by atoms with Crippen molar-refractivity contribution in [3.8, 4) is 11.5 Å². The van der Waals surface area contributed by atoms with Crippen molar-refractivity contribution in [1.82, 2.24) is 10.0 Å². The van der Waals surface area contributed by atoms with Crippen LogP contribution in [0.15, 0.2) is 48.5 Å². The van der Waals surface area contributed by atoms with Crippen LogP contribution in [0, 0.1) is 11.8 Å². The van der Waals surface area contributed by atoms with Gasteiger partial charge in [0, 0.05) is 0 Å². The number of benzene rings is 2. The lowest BCUT2D eigenvalue weighted by Crippen LogP contribution is -2.45. The molecule has 2 aromatic carbocycles. The molecule has 0 aliphatic carbocycles. The van der Waals surface area contributed by atoms with E-state index in [1.54, 1.807) is 34.3 Å². The summed E-state index contributed by atoms with van der Waals surface area (Å²) in [5.41, 5.74) is 1.15. The lowest BCUT2D eigenvalue weighted by atomic mass is 9.84. The van der Waals surface area contributed by atoms with Gasteiger partial charge in [0.25, 0.3) is 0 Å². The highest BCUT2D eigenvalue weighted by molar-refractivity contribution is 6.02. The Labute approximate surface area is 180 Å².